The number of amides is 2. The minimum atomic E-state index is -4.25. The molecule has 33 heavy (non-hydrogen) atoms. The fourth-order valence-electron chi connectivity index (χ4n) is 5.40. The number of anilines is 2. The monoisotopic (exact) mass is 480 g/mol. The molecule has 11 heteroatoms. The van der Waals surface area contributed by atoms with Crippen LogP contribution in [0.1, 0.15) is 41.5 Å². The number of nitrogens with zero attached hydrogens (tertiary/aromatic N) is 5. The van der Waals surface area contributed by atoms with Gasteiger partial charge in [-0.05, 0) is 86.5 Å². The SMILES string of the molecule is CN1CCC(N(c2cnn(C)c2)S(=O)(=O)[N-]C(=O)Nc2c3c(cc4c2CCC4)CCC3)C1.[Na+]. The maximum atomic E-state index is 13.3. The Morgan fingerprint density at radius 1 is 1.15 bits per heavy atom. The molecule has 1 saturated heterocycles. The first-order valence-corrected chi connectivity index (χ1v) is 12.6. The Bertz CT molecular complexity index is 1130. The summed E-state index contributed by atoms with van der Waals surface area (Å²) in [6.45, 7) is 1.36. The molecular formula is C22H29N6NaO3S. The molecule has 1 aromatic heterocycles. The summed E-state index contributed by atoms with van der Waals surface area (Å²) < 4.78 is 33.2. The Balaban J connectivity index is 0.00000259. The van der Waals surface area contributed by atoms with Crippen LogP contribution in [0.5, 0.6) is 0 Å². The first-order chi connectivity index (χ1) is 15.3. The van der Waals surface area contributed by atoms with Crippen LogP contribution in [0, 0.1) is 0 Å². The number of benzene rings is 1. The van der Waals surface area contributed by atoms with Gasteiger partial charge in [0.15, 0.2) is 6.03 Å². The molecular weight excluding hydrogens is 451 g/mol. The molecule has 2 heterocycles. The molecule has 2 aromatic rings. The van der Waals surface area contributed by atoms with Crippen molar-refractivity contribution in [1.29, 1.82) is 0 Å². The molecule has 2 amide bonds. The van der Waals surface area contributed by atoms with E-state index >= 15 is 0 Å². The third-order valence-corrected chi connectivity index (χ3v) is 8.20. The van der Waals surface area contributed by atoms with Crippen LogP contribution < -0.4 is 39.2 Å². The zero-order valence-corrected chi connectivity index (χ0v) is 22.4. The molecule has 9 nitrogen and oxygen atoms in total. The van der Waals surface area contributed by atoms with Crippen LogP contribution >= 0.6 is 0 Å². The number of likely N-dealkylation sites (tertiary alicyclic amines) is 1. The Labute approximate surface area is 217 Å². The van der Waals surface area contributed by atoms with Gasteiger partial charge in [-0.2, -0.15) is 5.10 Å². The van der Waals surface area contributed by atoms with E-state index in [9.17, 15) is 13.2 Å². The van der Waals surface area contributed by atoms with Gasteiger partial charge in [-0.3, -0.25) is 13.8 Å². The minimum Gasteiger partial charge on any atom is -0.423 e. The molecule has 0 saturated carbocycles. The van der Waals surface area contributed by atoms with Gasteiger partial charge in [-0.15, -0.1) is 0 Å². The molecule has 1 fully saturated rings. The number of carbonyl (C=O) groups excluding carboxylic acids is 1. The summed E-state index contributed by atoms with van der Waals surface area (Å²) in [5.74, 6) is 0. The molecule has 1 aliphatic heterocycles. The number of urea groups is 1. The number of carbonyl (C=O) groups is 1. The second-order valence-electron chi connectivity index (χ2n) is 9.11. The van der Waals surface area contributed by atoms with Crippen LogP contribution in [-0.4, -0.2) is 55.3 Å². The smallest absolute Gasteiger partial charge is 0.423 e. The van der Waals surface area contributed by atoms with Crippen molar-refractivity contribution in [2.75, 3.05) is 29.8 Å². The minimum absolute atomic E-state index is 0. The standard InChI is InChI=1S/C22H30N6O3S.Na/c1-26-10-9-17(13-26)28(18-12-23-27(2)14-18)32(30,31)25-22(29)24-21-19-7-3-5-15(19)11-16-6-4-8-20(16)21;/h11-12,14,17H,3-10,13H2,1-2H3,(H2,24,25,29);/q;+1/p-1. The first kappa shape index (κ1) is 24.5. The van der Waals surface area contributed by atoms with Crippen molar-refractivity contribution < 1.29 is 42.8 Å². The van der Waals surface area contributed by atoms with Crippen LogP contribution in [0.15, 0.2) is 18.5 Å². The van der Waals surface area contributed by atoms with Crippen LogP contribution in [-0.2, 0) is 42.9 Å². The van der Waals surface area contributed by atoms with E-state index < -0.39 is 16.2 Å². The molecule has 0 spiro atoms. The average Bonchev–Trinajstić information content (AvgIpc) is 3.49. The number of nitrogens with one attached hydrogen (secondary N) is 1. The predicted molar refractivity (Wildman–Crippen MR) is 123 cm³/mol. The fraction of sp³-hybridized carbons (Fsp3) is 0.545. The number of likely N-dealkylation sites (N-methyl/N-ethyl adjacent to an activating group) is 1. The number of hydrogen-bond acceptors (Lipinski definition) is 5. The Hall–Kier alpha value is -1.59. The number of aryl methyl sites for hydroxylation is 3. The van der Waals surface area contributed by atoms with Crippen molar-refractivity contribution in [2.24, 2.45) is 7.05 Å². The second-order valence-corrected chi connectivity index (χ2v) is 10.6. The van der Waals surface area contributed by atoms with Gasteiger partial charge in [0, 0.05) is 19.8 Å². The number of aromatic nitrogens is 2. The summed E-state index contributed by atoms with van der Waals surface area (Å²) in [5.41, 5.74) is 6.06. The van der Waals surface area contributed by atoms with E-state index in [0.29, 0.717) is 18.7 Å². The van der Waals surface area contributed by atoms with Gasteiger partial charge in [0.2, 0.25) is 0 Å². The molecule has 2 aliphatic carbocycles. The average molecular weight is 481 g/mol. The number of fused-ring (bicyclic) bond motifs is 2. The Kier molecular flexibility index (Phi) is 7.12. The molecule has 3 aliphatic rings. The van der Waals surface area contributed by atoms with Crippen molar-refractivity contribution >= 4 is 27.6 Å². The summed E-state index contributed by atoms with van der Waals surface area (Å²) in [5, 5.41) is 6.99. The van der Waals surface area contributed by atoms with Crippen molar-refractivity contribution in [3.05, 3.63) is 45.4 Å². The molecule has 172 valence electrons. The van der Waals surface area contributed by atoms with Crippen molar-refractivity contribution in [2.45, 2.75) is 51.0 Å². The van der Waals surface area contributed by atoms with Crippen LogP contribution in [0.2, 0.25) is 0 Å². The molecule has 0 bridgehead atoms. The molecule has 1 aromatic carbocycles. The topological polar surface area (TPSA) is 102 Å². The molecule has 5 rings (SSSR count). The third kappa shape index (κ3) is 4.81. The van der Waals surface area contributed by atoms with E-state index in [1.54, 1.807) is 17.9 Å². The third-order valence-electron chi connectivity index (χ3n) is 6.80. The zero-order valence-electron chi connectivity index (χ0n) is 19.5. The van der Waals surface area contributed by atoms with Gasteiger partial charge < -0.3 is 14.9 Å². The van der Waals surface area contributed by atoms with Gasteiger partial charge in [-0.25, -0.2) is 8.42 Å². The van der Waals surface area contributed by atoms with E-state index in [2.05, 4.69) is 26.1 Å². The van der Waals surface area contributed by atoms with E-state index in [4.69, 9.17) is 0 Å². The van der Waals surface area contributed by atoms with Gasteiger partial charge in [0.25, 0.3) is 10.2 Å². The van der Waals surface area contributed by atoms with Crippen LogP contribution in [0.3, 0.4) is 0 Å². The van der Waals surface area contributed by atoms with Crippen molar-refractivity contribution in [1.82, 2.24) is 14.7 Å². The van der Waals surface area contributed by atoms with Crippen LogP contribution in [0.25, 0.3) is 4.72 Å². The Morgan fingerprint density at radius 2 is 1.82 bits per heavy atom. The summed E-state index contributed by atoms with van der Waals surface area (Å²) >= 11 is 0. The molecule has 1 N–H and O–H groups in total. The number of hydrogen-bond donors (Lipinski definition) is 1. The Morgan fingerprint density at radius 3 is 2.36 bits per heavy atom. The van der Waals surface area contributed by atoms with Gasteiger partial charge in [0.1, 0.15) is 0 Å². The zero-order chi connectivity index (χ0) is 22.5. The maximum absolute atomic E-state index is 13.3. The molecule has 1 unspecified atom stereocenters. The first-order valence-electron chi connectivity index (χ1n) is 11.2. The predicted octanol–water partition coefficient (Wildman–Crippen LogP) is -0.237. The summed E-state index contributed by atoms with van der Waals surface area (Å²) in [6, 6.07) is 1.14. The number of rotatable bonds is 5. The maximum Gasteiger partial charge on any atom is 1.00 e. The van der Waals surface area contributed by atoms with Gasteiger partial charge >= 0.3 is 29.6 Å². The van der Waals surface area contributed by atoms with E-state index in [-0.39, 0.29) is 35.6 Å². The largest absolute Gasteiger partial charge is 1.00 e. The van der Waals surface area contributed by atoms with Crippen molar-refractivity contribution in [3.63, 3.8) is 0 Å². The quantitative estimate of drug-likeness (QED) is 0.596. The van der Waals surface area contributed by atoms with E-state index in [1.165, 1.54) is 21.6 Å². The normalized spacial score (nSPS) is 19.6. The molecule has 1 atom stereocenters. The molecule has 0 radical (unpaired) electrons. The van der Waals surface area contributed by atoms with E-state index in [0.717, 1.165) is 61.9 Å². The van der Waals surface area contributed by atoms with Crippen molar-refractivity contribution in [3.8, 4) is 0 Å². The van der Waals surface area contributed by atoms with Gasteiger partial charge in [-0.1, -0.05) is 6.07 Å². The van der Waals surface area contributed by atoms with E-state index in [1.807, 2.05) is 7.05 Å². The van der Waals surface area contributed by atoms with Crippen LogP contribution in [0.4, 0.5) is 16.2 Å². The summed E-state index contributed by atoms with van der Waals surface area (Å²) in [7, 11) is -0.566. The summed E-state index contributed by atoms with van der Waals surface area (Å²) in [4.78, 5) is 15.0. The summed E-state index contributed by atoms with van der Waals surface area (Å²) in [6.07, 6.45) is 9.74. The van der Waals surface area contributed by atoms with Gasteiger partial charge in [0.05, 0.1) is 17.9 Å². The fourth-order valence-corrected chi connectivity index (χ4v) is 6.66. The second kappa shape index (κ2) is 9.58.